The highest BCUT2D eigenvalue weighted by molar-refractivity contribution is 6.02. The van der Waals surface area contributed by atoms with Crippen LogP contribution in [-0.2, 0) is 0 Å². The molecule has 0 spiro atoms. The zero-order chi connectivity index (χ0) is 25.1. The summed E-state index contributed by atoms with van der Waals surface area (Å²) in [6.07, 6.45) is 10.0. The molecule has 0 bridgehead atoms. The highest BCUT2D eigenvalue weighted by Gasteiger charge is 2.34. The van der Waals surface area contributed by atoms with Crippen LogP contribution in [0.1, 0.15) is 61.5 Å². The quantitative estimate of drug-likeness (QED) is 0.382. The number of carbonyl (C=O) groups excluding carboxylic acids is 1. The Morgan fingerprint density at radius 2 is 2.03 bits per heavy atom. The van der Waals surface area contributed by atoms with Gasteiger partial charge in [-0.3, -0.25) is 9.78 Å². The number of nitrogens with zero attached hydrogens (tertiary/aromatic N) is 5. The maximum absolute atomic E-state index is 12.9. The Hall–Kier alpha value is -3.59. The summed E-state index contributed by atoms with van der Waals surface area (Å²) in [7, 11) is 0. The molecule has 4 aromatic heterocycles. The molecule has 3 N–H and O–H groups in total. The van der Waals surface area contributed by atoms with Gasteiger partial charge in [-0.1, -0.05) is 13.8 Å². The van der Waals surface area contributed by atoms with Gasteiger partial charge in [-0.05, 0) is 61.3 Å². The number of carbonyl (C=O) groups is 1. The van der Waals surface area contributed by atoms with E-state index in [4.69, 9.17) is 9.97 Å². The van der Waals surface area contributed by atoms with E-state index in [2.05, 4.69) is 39.4 Å². The van der Waals surface area contributed by atoms with Crippen molar-refractivity contribution in [1.29, 1.82) is 0 Å². The SMILES string of the molecule is CC1(C)CNCCC1Nc1nc(-c2ccnc3[nH]c(C(=O)N4CCC4)cc23)nc2cncc(C3CC3)c12. The molecule has 37 heavy (non-hydrogen) atoms. The zero-order valence-electron chi connectivity index (χ0n) is 21.3. The Morgan fingerprint density at radius 3 is 2.78 bits per heavy atom. The molecule has 1 aliphatic carbocycles. The summed E-state index contributed by atoms with van der Waals surface area (Å²) in [4.78, 5) is 37.2. The molecule has 1 unspecified atom stereocenters. The molecule has 7 rings (SSSR count). The van der Waals surface area contributed by atoms with Crippen LogP contribution in [0.3, 0.4) is 0 Å². The number of piperidine rings is 1. The molecule has 190 valence electrons. The van der Waals surface area contributed by atoms with E-state index in [1.807, 2.05) is 29.4 Å². The molecule has 4 aromatic rings. The van der Waals surface area contributed by atoms with Crippen LogP contribution in [0.25, 0.3) is 33.3 Å². The molecular formula is C28H32N8O. The van der Waals surface area contributed by atoms with Gasteiger partial charge in [0.05, 0.1) is 11.7 Å². The largest absolute Gasteiger partial charge is 0.366 e. The van der Waals surface area contributed by atoms with Crippen molar-refractivity contribution < 1.29 is 4.79 Å². The van der Waals surface area contributed by atoms with E-state index in [-0.39, 0.29) is 17.4 Å². The number of aromatic nitrogens is 5. The maximum atomic E-state index is 12.9. The molecule has 0 aromatic carbocycles. The summed E-state index contributed by atoms with van der Waals surface area (Å²) < 4.78 is 0. The fourth-order valence-electron chi connectivity index (χ4n) is 5.67. The fourth-order valence-corrected chi connectivity index (χ4v) is 5.67. The third kappa shape index (κ3) is 3.92. The van der Waals surface area contributed by atoms with E-state index in [9.17, 15) is 4.79 Å². The number of anilines is 1. The smallest absolute Gasteiger partial charge is 0.270 e. The van der Waals surface area contributed by atoms with Gasteiger partial charge in [0, 0.05) is 54.4 Å². The summed E-state index contributed by atoms with van der Waals surface area (Å²) >= 11 is 0. The first-order valence-electron chi connectivity index (χ1n) is 13.4. The van der Waals surface area contributed by atoms with Gasteiger partial charge in [0.1, 0.15) is 17.2 Å². The Kier molecular flexibility index (Phi) is 5.18. The summed E-state index contributed by atoms with van der Waals surface area (Å²) in [5.74, 6) is 2.04. The third-order valence-electron chi connectivity index (χ3n) is 8.24. The van der Waals surface area contributed by atoms with E-state index < -0.39 is 0 Å². The monoisotopic (exact) mass is 496 g/mol. The molecule has 1 atom stereocenters. The van der Waals surface area contributed by atoms with Gasteiger partial charge >= 0.3 is 0 Å². The molecule has 1 amide bonds. The molecule has 9 heteroatoms. The first-order chi connectivity index (χ1) is 18.0. The average molecular weight is 497 g/mol. The van der Waals surface area contributed by atoms with Gasteiger partial charge in [0.15, 0.2) is 5.82 Å². The van der Waals surface area contributed by atoms with Crippen LogP contribution in [0.4, 0.5) is 5.82 Å². The highest BCUT2D eigenvalue weighted by Crippen LogP contribution is 2.45. The predicted octanol–water partition coefficient (Wildman–Crippen LogP) is 4.09. The van der Waals surface area contributed by atoms with E-state index in [1.165, 1.54) is 18.4 Å². The van der Waals surface area contributed by atoms with Crippen molar-refractivity contribution in [2.75, 3.05) is 31.5 Å². The zero-order valence-corrected chi connectivity index (χ0v) is 21.3. The third-order valence-corrected chi connectivity index (χ3v) is 8.24. The second-order valence-electron chi connectivity index (χ2n) is 11.4. The first-order valence-corrected chi connectivity index (χ1v) is 13.4. The van der Waals surface area contributed by atoms with Crippen molar-refractivity contribution in [1.82, 2.24) is 35.1 Å². The lowest BCUT2D eigenvalue weighted by molar-refractivity contribution is 0.0646. The van der Waals surface area contributed by atoms with Gasteiger partial charge in [0.25, 0.3) is 5.91 Å². The van der Waals surface area contributed by atoms with Crippen molar-refractivity contribution in [2.24, 2.45) is 5.41 Å². The lowest BCUT2D eigenvalue weighted by Crippen LogP contribution is -2.49. The maximum Gasteiger partial charge on any atom is 0.270 e. The van der Waals surface area contributed by atoms with Gasteiger partial charge < -0.3 is 20.5 Å². The van der Waals surface area contributed by atoms with E-state index in [1.54, 1.807) is 6.20 Å². The van der Waals surface area contributed by atoms with Crippen molar-refractivity contribution in [3.05, 3.63) is 42.0 Å². The minimum Gasteiger partial charge on any atom is -0.366 e. The number of hydrogen-bond acceptors (Lipinski definition) is 7. The van der Waals surface area contributed by atoms with Crippen molar-refractivity contribution in [2.45, 2.75) is 51.5 Å². The Bertz CT molecular complexity index is 1520. The van der Waals surface area contributed by atoms with Crippen molar-refractivity contribution in [3.63, 3.8) is 0 Å². The minimum atomic E-state index is 0.0170. The van der Waals surface area contributed by atoms with Gasteiger partial charge in [-0.2, -0.15) is 0 Å². The Morgan fingerprint density at radius 1 is 1.16 bits per heavy atom. The standard InChI is InChI=1S/C28H32N8O/c1-28(2)15-29-8-7-22(28)34-26-23-19(16-4-5-16)13-30-14-21(23)33-25(35-26)17-6-9-31-24-18(17)12-20(32-24)27(37)36-10-3-11-36/h6,9,12-14,16,22,29H,3-5,7-8,10-11,15H2,1-2H3,(H,31,32)(H,33,34,35). The van der Waals surface area contributed by atoms with E-state index in [0.717, 1.165) is 66.7 Å². The van der Waals surface area contributed by atoms with Crippen LogP contribution in [0.15, 0.2) is 30.7 Å². The minimum absolute atomic E-state index is 0.0170. The molecule has 1 saturated carbocycles. The normalized spacial score (nSPS) is 21.2. The van der Waals surface area contributed by atoms with E-state index >= 15 is 0 Å². The molecule has 3 fully saturated rings. The predicted molar refractivity (Wildman–Crippen MR) is 144 cm³/mol. The van der Waals surface area contributed by atoms with Crippen LogP contribution in [0.5, 0.6) is 0 Å². The summed E-state index contributed by atoms with van der Waals surface area (Å²) in [6, 6.07) is 4.12. The van der Waals surface area contributed by atoms with Gasteiger partial charge in [-0.15, -0.1) is 0 Å². The Balaban J connectivity index is 1.37. The summed E-state index contributed by atoms with van der Waals surface area (Å²) in [5, 5.41) is 9.31. The molecule has 3 aliphatic rings. The number of amides is 1. The molecule has 0 radical (unpaired) electrons. The number of aromatic amines is 1. The summed E-state index contributed by atoms with van der Waals surface area (Å²) in [6.45, 7) is 8.15. The van der Waals surface area contributed by atoms with Crippen LogP contribution in [-0.4, -0.2) is 67.9 Å². The van der Waals surface area contributed by atoms with Gasteiger partial charge in [0.2, 0.25) is 0 Å². The van der Waals surface area contributed by atoms with Gasteiger partial charge in [-0.25, -0.2) is 15.0 Å². The molecule has 9 nitrogen and oxygen atoms in total. The van der Waals surface area contributed by atoms with Crippen LogP contribution < -0.4 is 10.6 Å². The molecule has 2 saturated heterocycles. The number of hydrogen-bond donors (Lipinski definition) is 3. The number of nitrogens with one attached hydrogen (secondary N) is 3. The van der Waals surface area contributed by atoms with Crippen LogP contribution in [0.2, 0.25) is 0 Å². The number of likely N-dealkylation sites (tertiary alicyclic amines) is 1. The second-order valence-corrected chi connectivity index (χ2v) is 11.4. The number of pyridine rings is 2. The van der Waals surface area contributed by atoms with Crippen molar-refractivity contribution >= 4 is 33.7 Å². The lowest BCUT2D eigenvalue weighted by atomic mass is 9.80. The molecular weight excluding hydrogens is 464 g/mol. The average Bonchev–Trinajstić information content (AvgIpc) is 3.61. The topological polar surface area (TPSA) is 112 Å². The number of H-pyrrole nitrogens is 1. The fraction of sp³-hybridized carbons (Fsp3) is 0.464. The number of fused-ring (bicyclic) bond motifs is 2. The van der Waals surface area contributed by atoms with Crippen LogP contribution >= 0.6 is 0 Å². The second kappa shape index (κ2) is 8.48. The molecule has 2 aliphatic heterocycles. The van der Waals surface area contributed by atoms with E-state index in [0.29, 0.717) is 23.1 Å². The summed E-state index contributed by atoms with van der Waals surface area (Å²) in [5.41, 5.74) is 4.25. The van der Waals surface area contributed by atoms with Crippen molar-refractivity contribution in [3.8, 4) is 11.4 Å². The molecule has 6 heterocycles. The number of rotatable bonds is 5. The van der Waals surface area contributed by atoms with Crippen LogP contribution in [0, 0.1) is 5.41 Å². The Labute approximate surface area is 215 Å². The highest BCUT2D eigenvalue weighted by atomic mass is 16.2. The first kappa shape index (κ1) is 22.6. The lowest BCUT2D eigenvalue weighted by Gasteiger charge is -2.40.